The quantitative estimate of drug-likeness (QED) is 0.515. The molecule has 0 saturated carbocycles. The number of hydrogen-bond acceptors (Lipinski definition) is 8. The summed E-state index contributed by atoms with van der Waals surface area (Å²) in [6, 6.07) is 7.75. The molecule has 1 N–H and O–H groups in total. The number of nitrogens with zero attached hydrogens (tertiary/aromatic N) is 5. The Morgan fingerprint density at radius 1 is 1.13 bits per heavy atom. The highest BCUT2D eigenvalue weighted by Gasteiger charge is 2.77. The molecule has 4 unspecified atom stereocenters. The van der Waals surface area contributed by atoms with Crippen molar-refractivity contribution < 1.29 is 23.0 Å². The number of pyridine rings is 1. The standard InChI is InChI=1S/C27H28F2N6O3/c1-25(2,3)38-24(36)26-12-17-13-27(28,29)21(34(17)26)11-20(26)32-22-7-6-19-18-5-4-16(35-30-8-9-31-35)10-15(18)14-37-23(19)33-22/h4-10,17,20-21H,11-14H2,1-3H3,(H,32,33). The second kappa shape index (κ2) is 7.72. The highest BCUT2D eigenvalue weighted by atomic mass is 19.3. The molecule has 4 atom stereocenters. The predicted molar refractivity (Wildman–Crippen MR) is 133 cm³/mol. The molecule has 198 valence electrons. The molecule has 3 aromatic rings. The van der Waals surface area contributed by atoms with E-state index < -0.39 is 35.1 Å². The van der Waals surface area contributed by atoms with Gasteiger partial charge in [0, 0.05) is 18.0 Å². The summed E-state index contributed by atoms with van der Waals surface area (Å²) in [5.74, 6) is -2.37. The van der Waals surface area contributed by atoms with Gasteiger partial charge in [0.25, 0.3) is 5.92 Å². The Hall–Kier alpha value is -3.60. The Morgan fingerprint density at radius 3 is 2.66 bits per heavy atom. The lowest BCUT2D eigenvalue weighted by Crippen LogP contribution is -2.71. The fourth-order valence-electron chi connectivity index (χ4n) is 6.63. The average molecular weight is 523 g/mol. The Bertz CT molecular complexity index is 1440. The fraction of sp³-hybridized carbons (Fsp3) is 0.481. The minimum absolute atomic E-state index is 0.134. The van der Waals surface area contributed by atoms with Gasteiger partial charge < -0.3 is 14.8 Å². The van der Waals surface area contributed by atoms with Crippen LogP contribution in [0.3, 0.4) is 0 Å². The number of esters is 1. The minimum Gasteiger partial charge on any atom is -0.472 e. The summed E-state index contributed by atoms with van der Waals surface area (Å²) >= 11 is 0. The van der Waals surface area contributed by atoms with Crippen LogP contribution in [0, 0.1) is 0 Å². The molecule has 11 heteroatoms. The van der Waals surface area contributed by atoms with E-state index in [1.165, 1.54) is 0 Å². The molecule has 7 rings (SSSR count). The number of alkyl halides is 2. The molecule has 4 aliphatic heterocycles. The van der Waals surface area contributed by atoms with Crippen molar-refractivity contribution in [2.24, 2.45) is 0 Å². The number of aromatic nitrogens is 4. The lowest BCUT2D eigenvalue weighted by molar-refractivity contribution is -0.182. The van der Waals surface area contributed by atoms with Gasteiger partial charge in [0.1, 0.15) is 23.6 Å². The molecule has 38 heavy (non-hydrogen) atoms. The Labute approximate surface area is 218 Å². The van der Waals surface area contributed by atoms with Gasteiger partial charge in [0.05, 0.1) is 30.2 Å². The van der Waals surface area contributed by atoms with Crippen LogP contribution < -0.4 is 10.1 Å². The summed E-state index contributed by atoms with van der Waals surface area (Å²) in [5, 5.41) is 11.7. The van der Waals surface area contributed by atoms with Crippen molar-refractivity contribution in [3.05, 3.63) is 48.3 Å². The van der Waals surface area contributed by atoms with E-state index in [0.717, 1.165) is 22.4 Å². The van der Waals surface area contributed by atoms with Crippen LogP contribution in [0.25, 0.3) is 16.8 Å². The molecular weight excluding hydrogens is 494 g/mol. The van der Waals surface area contributed by atoms with Crippen LogP contribution in [-0.2, 0) is 16.1 Å². The zero-order valence-electron chi connectivity index (χ0n) is 21.3. The molecule has 3 saturated heterocycles. The summed E-state index contributed by atoms with van der Waals surface area (Å²) in [4.78, 5) is 21.4. The summed E-state index contributed by atoms with van der Waals surface area (Å²) < 4.78 is 41.5. The number of fused-ring (bicyclic) bond motifs is 3. The molecule has 0 bridgehead atoms. The van der Waals surface area contributed by atoms with Crippen molar-refractivity contribution in [2.75, 3.05) is 5.32 Å². The lowest BCUT2D eigenvalue weighted by atomic mass is 9.74. The maximum atomic E-state index is 14.9. The van der Waals surface area contributed by atoms with Crippen molar-refractivity contribution in [1.29, 1.82) is 0 Å². The molecule has 0 aliphatic carbocycles. The number of halogens is 2. The smallest absolute Gasteiger partial charge is 0.329 e. The molecule has 6 heterocycles. The maximum Gasteiger partial charge on any atom is 0.329 e. The maximum absolute atomic E-state index is 14.9. The largest absolute Gasteiger partial charge is 0.472 e. The average Bonchev–Trinajstić information content (AvgIpc) is 3.51. The Balaban J connectivity index is 1.18. The molecule has 4 aliphatic rings. The van der Waals surface area contributed by atoms with Gasteiger partial charge in [-0.3, -0.25) is 4.90 Å². The monoisotopic (exact) mass is 522 g/mol. The predicted octanol–water partition coefficient (Wildman–Crippen LogP) is 3.97. The number of ether oxygens (including phenoxy) is 2. The summed E-state index contributed by atoms with van der Waals surface area (Å²) in [6.07, 6.45) is 3.51. The van der Waals surface area contributed by atoms with E-state index in [9.17, 15) is 13.6 Å². The van der Waals surface area contributed by atoms with Crippen molar-refractivity contribution >= 4 is 11.8 Å². The number of rotatable bonds is 4. The number of anilines is 1. The van der Waals surface area contributed by atoms with Crippen LogP contribution in [0.4, 0.5) is 14.6 Å². The number of benzene rings is 1. The first-order valence-corrected chi connectivity index (χ1v) is 12.9. The molecular formula is C27H28F2N6O3. The number of carbonyl (C=O) groups is 1. The van der Waals surface area contributed by atoms with Crippen LogP contribution in [0.15, 0.2) is 42.7 Å². The Kier molecular flexibility index (Phi) is 4.78. The third-order valence-electron chi connectivity index (χ3n) is 8.10. The van der Waals surface area contributed by atoms with Crippen LogP contribution in [0.2, 0.25) is 0 Å². The van der Waals surface area contributed by atoms with E-state index in [-0.39, 0.29) is 18.9 Å². The van der Waals surface area contributed by atoms with Crippen LogP contribution >= 0.6 is 0 Å². The van der Waals surface area contributed by atoms with E-state index in [1.807, 2.05) is 24.3 Å². The molecule has 0 radical (unpaired) electrons. The van der Waals surface area contributed by atoms with Gasteiger partial charge in [-0.15, -0.1) is 0 Å². The molecule has 1 aromatic carbocycles. The van der Waals surface area contributed by atoms with Gasteiger partial charge in [0.15, 0.2) is 0 Å². The van der Waals surface area contributed by atoms with Gasteiger partial charge >= 0.3 is 5.97 Å². The SMILES string of the molecule is CC(C)(C)OC(=O)C12CC3CC(F)(F)C(CC1Nc1ccc4c(n1)OCc1cc(-n5nccn5)ccc1-4)N32. The first kappa shape index (κ1) is 23.5. The zero-order valence-corrected chi connectivity index (χ0v) is 21.3. The van der Waals surface area contributed by atoms with Gasteiger partial charge in [0.2, 0.25) is 5.88 Å². The second-order valence-corrected chi connectivity index (χ2v) is 11.6. The lowest BCUT2D eigenvalue weighted by Gasteiger charge is -2.53. The van der Waals surface area contributed by atoms with E-state index >= 15 is 0 Å². The number of carbonyl (C=O) groups excluding carboxylic acids is 1. The normalized spacial score (nSPS) is 28.5. The van der Waals surface area contributed by atoms with Gasteiger partial charge in [-0.1, -0.05) is 6.07 Å². The van der Waals surface area contributed by atoms with E-state index in [2.05, 4.69) is 20.5 Å². The Morgan fingerprint density at radius 2 is 1.89 bits per heavy atom. The first-order chi connectivity index (χ1) is 18.0. The van der Waals surface area contributed by atoms with E-state index in [0.29, 0.717) is 24.7 Å². The topological polar surface area (TPSA) is 94.4 Å². The molecule has 0 amide bonds. The molecule has 3 fully saturated rings. The van der Waals surface area contributed by atoms with Crippen LogP contribution in [0.1, 0.15) is 45.6 Å². The third-order valence-corrected chi connectivity index (χ3v) is 8.10. The van der Waals surface area contributed by atoms with Crippen LogP contribution in [-0.4, -0.2) is 66.0 Å². The molecule has 0 spiro atoms. The van der Waals surface area contributed by atoms with Crippen molar-refractivity contribution in [3.63, 3.8) is 0 Å². The summed E-state index contributed by atoms with van der Waals surface area (Å²) in [7, 11) is 0. The van der Waals surface area contributed by atoms with E-state index in [1.54, 1.807) is 48.9 Å². The first-order valence-electron chi connectivity index (χ1n) is 12.9. The summed E-state index contributed by atoms with van der Waals surface area (Å²) in [5.41, 5.74) is 1.79. The van der Waals surface area contributed by atoms with Crippen molar-refractivity contribution in [3.8, 4) is 22.7 Å². The number of hydrogen-bond donors (Lipinski definition) is 1. The van der Waals surface area contributed by atoms with Crippen molar-refractivity contribution in [1.82, 2.24) is 24.9 Å². The highest BCUT2D eigenvalue weighted by Crippen LogP contribution is 2.61. The number of nitrogens with one attached hydrogen (secondary N) is 1. The van der Waals surface area contributed by atoms with Gasteiger partial charge in [-0.2, -0.15) is 20.0 Å². The fourth-order valence-corrected chi connectivity index (χ4v) is 6.63. The van der Waals surface area contributed by atoms with Gasteiger partial charge in [-0.25, -0.2) is 13.6 Å². The minimum atomic E-state index is -2.84. The van der Waals surface area contributed by atoms with Gasteiger partial charge in [-0.05, 0) is 69.0 Å². The molecule has 9 nitrogen and oxygen atoms in total. The highest BCUT2D eigenvalue weighted by molar-refractivity contribution is 5.86. The second-order valence-electron chi connectivity index (χ2n) is 11.6. The third kappa shape index (κ3) is 3.37. The van der Waals surface area contributed by atoms with Crippen LogP contribution in [0.5, 0.6) is 5.88 Å². The zero-order chi connectivity index (χ0) is 26.4. The molecule has 2 aromatic heterocycles. The van der Waals surface area contributed by atoms with E-state index in [4.69, 9.17) is 9.47 Å². The summed E-state index contributed by atoms with van der Waals surface area (Å²) in [6.45, 7) is 5.70. The van der Waals surface area contributed by atoms with Crippen molar-refractivity contribution in [2.45, 2.75) is 81.8 Å².